The van der Waals surface area contributed by atoms with E-state index in [0.717, 1.165) is 28.9 Å². The van der Waals surface area contributed by atoms with E-state index in [-0.39, 0.29) is 6.10 Å². The molecule has 0 amide bonds. The maximum absolute atomic E-state index is 6.54. The molecule has 1 aliphatic carbocycles. The Bertz CT molecular complexity index is 786. The molecule has 1 heterocycles. The molecule has 0 bridgehead atoms. The first-order valence-electron chi connectivity index (χ1n) is 11.0. The molecule has 2 aromatic rings. The highest BCUT2D eigenvalue weighted by Gasteiger charge is 2.28. The van der Waals surface area contributed by atoms with Crippen LogP contribution >= 0.6 is 23.4 Å². The molecule has 0 spiro atoms. The molecule has 4 rings (SSSR count). The van der Waals surface area contributed by atoms with Gasteiger partial charge >= 0.3 is 0 Å². The number of halogens is 1. The highest BCUT2D eigenvalue weighted by Crippen LogP contribution is 2.41. The van der Waals surface area contributed by atoms with Gasteiger partial charge in [-0.05, 0) is 80.3 Å². The van der Waals surface area contributed by atoms with Gasteiger partial charge in [0.25, 0.3) is 0 Å². The van der Waals surface area contributed by atoms with Crippen molar-refractivity contribution >= 4 is 23.4 Å². The van der Waals surface area contributed by atoms with Crippen LogP contribution in [0.5, 0.6) is 5.75 Å². The van der Waals surface area contributed by atoms with Crippen molar-refractivity contribution in [1.82, 2.24) is 0 Å². The number of rotatable bonds is 7. The van der Waals surface area contributed by atoms with E-state index < -0.39 is 0 Å². The van der Waals surface area contributed by atoms with Crippen LogP contribution in [0.1, 0.15) is 74.7 Å². The van der Waals surface area contributed by atoms with Crippen molar-refractivity contribution in [3.8, 4) is 5.75 Å². The number of hydrogen-bond donors (Lipinski definition) is 0. The predicted octanol–water partition coefficient (Wildman–Crippen LogP) is 7.57. The lowest BCUT2D eigenvalue weighted by molar-refractivity contribution is -0.00540. The Kier molecular flexibility index (Phi) is 7.44. The van der Waals surface area contributed by atoms with Crippen LogP contribution in [0.4, 0.5) is 0 Å². The summed E-state index contributed by atoms with van der Waals surface area (Å²) in [6, 6.07) is 14.8. The summed E-state index contributed by atoms with van der Waals surface area (Å²) in [5, 5.41) is 1.63. The van der Waals surface area contributed by atoms with Crippen molar-refractivity contribution in [2.45, 2.75) is 75.1 Å². The molecular weight excluding hydrogens is 400 g/mol. The number of thioether (sulfide) groups is 1. The lowest BCUT2D eigenvalue weighted by atomic mass is 9.97. The SMILES string of the molecule is CCOc1ccc(Cc2cc(C3CCCC(SC4CCCC4)O3)ccc2Cl)cc1. The smallest absolute Gasteiger partial charge is 0.119 e. The fourth-order valence-electron chi connectivity index (χ4n) is 4.39. The van der Waals surface area contributed by atoms with Gasteiger partial charge in [0.2, 0.25) is 0 Å². The molecule has 2 atom stereocenters. The minimum Gasteiger partial charge on any atom is -0.494 e. The summed E-state index contributed by atoms with van der Waals surface area (Å²) < 4.78 is 12.1. The maximum Gasteiger partial charge on any atom is 0.119 e. The van der Waals surface area contributed by atoms with Crippen molar-refractivity contribution in [3.05, 3.63) is 64.2 Å². The van der Waals surface area contributed by atoms with Crippen LogP contribution in [-0.2, 0) is 11.2 Å². The summed E-state index contributed by atoms with van der Waals surface area (Å²) in [7, 11) is 0. The second-order valence-corrected chi connectivity index (χ2v) is 10.0. The molecule has 2 nitrogen and oxygen atoms in total. The first-order valence-corrected chi connectivity index (χ1v) is 12.3. The molecule has 0 aromatic heterocycles. The zero-order chi connectivity index (χ0) is 20.1. The predicted molar refractivity (Wildman–Crippen MR) is 123 cm³/mol. The third kappa shape index (κ3) is 5.71. The number of hydrogen-bond acceptors (Lipinski definition) is 3. The third-order valence-electron chi connectivity index (χ3n) is 5.94. The summed E-state index contributed by atoms with van der Waals surface area (Å²) >= 11 is 8.62. The summed E-state index contributed by atoms with van der Waals surface area (Å²) in [5.74, 6) is 0.914. The van der Waals surface area contributed by atoms with Crippen LogP contribution in [0.15, 0.2) is 42.5 Å². The second-order valence-electron chi connectivity index (χ2n) is 8.13. The first-order chi connectivity index (χ1) is 14.2. The van der Waals surface area contributed by atoms with Crippen molar-refractivity contribution in [2.24, 2.45) is 0 Å². The Morgan fingerprint density at radius 1 is 1.00 bits per heavy atom. The van der Waals surface area contributed by atoms with E-state index in [1.54, 1.807) is 0 Å². The summed E-state index contributed by atoms with van der Waals surface area (Å²) in [6.07, 6.45) is 10.1. The zero-order valence-electron chi connectivity index (χ0n) is 17.2. The Morgan fingerprint density at radius 3 is 2.55 bits per heavy atom. The quantitative estimate of drug-likeness (QED) is 0.451. The van der Waals surface area contributed by atoms with Gasteiger partial charge in [-0.15, -0.1) is 11.8 Å². The molecule has 4 heteroatoms. The van der Waals surface area contributed by atoms with Crippen LogP contribution in [0.3, 0.4) is 0 Å². The average Bonchev–Trinajstić information content (AvgIpc) is 3.24. The lowest BCUT2D eigenvalue weighted by Gasteiger charge is -2.31. The maximum atomic E-state index is 6.54. The third-order valence-corrected chi connectivity index (χ3v) is 7.81. The normalized spacial score (nSPS) is 22.7. The van der Waals surface area contributed by atoms with Gasteiger partial charge in [0.05, 0.1) is 12.7 Å². The summed E-state index contributed by atoms with van der Waals surface area (Å²) in [5.41, 5.74) is 4.03. The standard InChI is InChI=1S/C25H31ClO2S/c1-2-27-21-13-10-18(11-14-21)16-20-17-19(12-15-23(20)26)24-8-5-9-25(28-24)29-22-6-3-4-7-22/h10-15,17,22,24-25H,2-9,16H2,1H3. The molecule has 29 heavy (non-hydrogen) atoms. The summed E-state index contributed by atoms with van der Waals surface area (Å²) in [6.45, 7) is 2.69. The highest BCUT2D eigenvalue weighted by molar-refractivity contribution is 8.00. The molecule has 0 radical (unpaired) electrons. The first kappa shape index (κ1) is 21.1. The topological polar surface area (TPSA) is 18.5 Å². The molecule has 2 unspecified atom stereocenters. The van der Waals surface area contributed by atoms with Gasteiger partial charge in [0.15, 0.2) is 0 Å². The van der Waals surface area contributed by atoms with Crippen molar-refractivity contribution in [2.75, 3.05) is 6.61 Å². The Balaban J connectivity index is 1.43. The fraction of sp³-hybridized carbons (Fsp3) is 0.520. The van der Waals surface area contributed by atoms with Gasteiger partial charge in [0.1, 0.15) is 11.2 Å². The van der Waals surface area contributed by atoms with E-state index in [1.165, 1.54) is 55.2 Å². The van der Waals surface area contributed by atoms with E-state index >= 15 is 0 Å². The Morgan fingerprint density at radius 2 is 1.79 bits per heavy atom. The molecule has 2 aromatic carbocycles. The van der Waals surface area contributed by atoms with E-state index in [9.17, 15) is 0 Å². The van der Waals surface area contributed by atoms with Crippen molar-refractivity contribution in [1.29, 1.82) is 0 Å². The van der Waals surface area contributed by atoms with Gasteiger partial charge < -0.3 is 9.47 Å². The molecule has 1 aliphatic heterocycles. The molecule has 156 valence electrons. The van der Waals surface area contributed by atoms with Gasteiger partial charge in [-0.2, -0.15) is 0 Å². The van der Waals surface area contributed by atoms with Gasteiger partial charge in [0, 0.05) is 10.3 Å². The van der Waals surface area contributed by atoms with Gasteiger partial charge in [-0.3, -0.25) is 0 Å². The van der Waals surface area contributed by atoms with Gasteiger partial charge in [-0.1, -0.05) is 48.7 Å². The highest BCUT2D eigenvalue weighted by atomic mass is 35.5. The summed E-state index contributed by atoms with van der Waals surface area (Å²) in [4.78, 5) is 0. The Labute approximate surface area is 184 Å². The van der Waals surface area contributed by atoms with Crippen LogP contribution < -0.4 is 4.74 Å². The molecule has 1 saturated carbocycles. The average molecular weight is 431 g/mol. The monoisotopic (exact) mass is 430 g/mol. The molecular formula is C25H31ClO2S. The van der Waals surface area contributed by atoms with Crippen molar-refractivity contribution < 1.29 is 9.47 Å². The van der Waals surface area contributed by atoms with Crippen LogP contribution in [-0.4, -0.2) is 17.3 Å². The van der Waals surface area contributed by atoms with E-state index in [0.29, 0.717) is 12.0 Å². The molecule has 0 N–H and O–H groups in total. The molecule has 2 aliphatic rings. The molecule has 1 saturated heterocycles. The fourth-order valence-corrected chi connectivity index (χ4v) is 6.11. The minimum atomic E-state index is 0.194. The second kappa shape index (κ2) is 10.2. The number of benzene rings is 2. The van der Waals surface area contributed by atoms with E-state index in [4.69, 9.17) is 21.1 Å². The van der Waals surface area contributed by atoms with E-state index in [1.807, 2.05) is 25.1 Å². The van der Waals surface area contributed by atoms with Crippen LogP contribution in [0.25, 0.3) is 0 Å². The zero-order valence-corrected chi connectivity index (χ0v) is 18.8. The van der Waals surface area contributed by atoms with Gasteiger partial charge in [-0.25, -0.2) is 0 Å². The lowest BCUT2D eigenvalue weighted by Crippen LogP contribution is -2.21. The largest absolute Gasteiger partial charge is 0.494 e. The van der Waals surface area contributed by atoms with Crippen molar-refractivity contribution in [3.63, 3.8) is 0 Å². The van der Waals surface area contributed by atoms with E-state index in [2.05, 4.69) is 36.0 Å². The van der Waals surface area contributed by atoms with Crippen LogP contribution in [0.2, 0.25) is 5.02 Å². The molecule has 2 fully saturated rings. The number of ether oxygens (including phenoxy) is 2. The minimum absolute atomic E-state index is 0.194. The van der Waals surface area contributed by atoms with Crippen LogP contribution in [0, 0.1) is 0 Å². The Hall–Kier alpha value is -1.16.